The van der Waals surface area contributed by atoms with E-state index in [2.05, 4.69) is 4.98 Å². The lowest BCUT2D eigenvalue weighted by Gasteiger charge is -2.08. The fraction of sp³-hybridized carbons (Fsp3) is 0.250. The number of hydrogen-bond acceptors (Lipinski definition) is 3. The van der Waals surface area contributed by atoms with Crippen LogP contribution in [-0.4, -0.2) is 17.4 Å². The minimum atomic E-state index is -0.466. The molecule has 1 rings (SSSR count). The van der Waals surface area contributed by atoms with E-state index in [4.69, 9.17) is 11.5 Å². The summed E-state index contributed by atoms with van der Waals surface area (Å²) < 4.78 is 0. The third-order valence-corrected chi connectivity index (χ3v) is 1.62. The number of pyridine rings is 1. The molecular weight excluding hydrogens is 154 g/mol. The first kappa shape index (κ1) is 8.67. The van der Waals surface area contributed by atoms with Crippen molar-refractivity contribution >= 4 is 5.91 Å². The van der Waals surface area contributed by atoms with Gasteiger partial charge in [0.15, 0.2) is 0 Å². The number of carbonyl (C=O) groups excluding carboxylic acids is 1. The molecule has 0 fully saturated rings. The van der Waals surface area contributed by atoms with E-state index in [1.807, 2.05) is 0 Å². The van der Waals surface area contributed by atoms with Crippen LogP contribution in [0, 0.1) is 0 Å². The van der Waals surface area contributed by atoms with Crippen LogP contribution in [0.1, 0.15) is 11.6 Å². The van der Waals surface area contributed by atoms with Gasteiger partial charge in [-0.3, -0.25) is 9.78 Å². The van der Waals surface area contributed by atoms with E-state index in [0.717, 1.165) is 0 Å². The molecule has 0 radical (unpaired) electrons. The highest BCUT2D eigenvalue weighted by Gasteiger charge is 2.15. The van der Waals surface area contributed by atoms with Gasteiger partial charge in [-0.1, -0.05) is 6.07 Å². The molecule has 0 saturated carbocycles. The van der Waals surface area contributed by atoms with Gasteiger partial charge >= 0.3 is 0 Å². The van der Waals surface area contributed by atoms with Crippen LogP contribution in [0.25, 0.3) is 0 Å². The predicted molar refractivity (Wildman–Crippen MR) is 45.2 cm³/mol. The molecule has 1 aromatic rings. The monoisotopic (exact) mass is 165 g/mol. The Hall–Kier alpha value is -1.42. The Balaban J connectivity index is 2.88. The summed E-state index contributed by atoms with van der Waals surface area (Å²) in [6, 6.07) is 5.31. The molecule has 12 heavy (non-hydrogen) atoms. The van der Waals surface area contributed by atoms with Crippen molar-refractivity contribution in [1.29, 1.82) is 0 Å². The van der Waals surface area contributed by atoms with E-state index in [0.29, 0.717) is 5.69 Å². The average molecular weight is 165 g/mol. The van der Waals surface area contributed by atoms with Crippen molar-refractivity contribution in [2.24, 2.45) is 11.5 Å². The Labute approximate surface area is 70.6 Å². The first-order valence-electron chi connectivity index (χ1n) is 3.66. The second kappa shape index (κ2) is 3.82. The molecule has 0 aliphatic heterocycles. The van der Waals surface area contributed by atoms with Crippen LogP contribution in [0.3, 0.4) is 0 Å². The number of aromatic nitrogens is 1. The molecule has 0 saturated heterocycles. The molecule has 1 aromatic heterocycles. The Morgan fingerprint density at radius 3 is 2.75 bits per heavy atom. The molecule has 64 valence electrons. The van der Waals surface area contributed by atoms with E-state index >= 15 is 0 Å². The maximum atomic E-state index is 10.8. The van der Waals surface area contributed by atoms with Crippen LogP contribution < -0.4 is 11.5 Å². The number of amides is 1. The summed E-state index contributed by atoms with van der Waals surface area (Å²) in [4.78, 5) is 14.8. The Morgan fingerprint density at radius 2 is 2.33 bits per heavy atom. The zero-order valence-electron chi connectivity index (χ0n) is 6.60. The maximum Gasteiger partial charge on any atom is 0.227 e. The molecule has 0 spiro atoms. The van der Waals surface area contributed by atoms with Crippen LogP contribution in [0.15, 0.2) is 24.4 Å². The lowest BCUT2D eigenvalue weighted by atomic mass is 10.1. The Bertz CT molecular complexity index is 260. The van der Waals surface area contributed by atoms with Crippen LogP contribution in [0.5, 0.6) is 0 Å². The number of primary amides is 1. The first-order chi connectivity index (χ1) is 5.75. The van der Waals surface area contributed by atoms with Crippen molar-refractivity contribution in [1.82, 2.24) is 4.98 Å². The van der Waals surface area contributed by atoms with Crippen molar-refractivity contribution in [3.63, 3.8) is 0 Å². The fourth-order valence-electron chi connectivity index (χ4n) is 0.965. The van der Waals surface area contributed by atoms with E-state index in [1.165, 1.54) is 0 Å². The second-order valence-corrected chi connectivity index (χ2v) is 2.45. The second-order valence-electron chi connectivity index (χ2n) is 2.45. The van der Waals surface area contributed by atoms with Gasteiger partial charge in [-0.2, -0.15) is 0 Å². The van der Waals surface area contributed by atoms with E-state index in [9.17, 15) is 4.79 Å². The number of rotatable bonds is 3. The van der Waals surface area contributed by atoms with Crippen molar-refractivity contribution in [3.05, 3.63) is 30.1 Å². The molecule has 4 nitrogen and oxygen atoms in total. The molecule has 0 aliphatic carbocycles. The zero-order chi connectivity index (χ0) is 8.97. The maximum absolute atomic E-state index is 10.8. The standard InChI is InChI=1S/C8H11N3O/c9-5-6(8(10)12)7-3-1-2-4-11-7/h1-4,6H,5,9H2,(H2,10,12)/t6-/m0/s1. The summed E-state index contributed by atoms with van der Waals surface area (Å²) >= 11 is 0. The predicted octanol–water partition coefficient (Wildman–Crippen LogP) is -0.391. The molecule has 1 atom stereocenters. The lowest BCUT2D eigenvalue weighted by molar-refractivity contribution is -0.119. The molecular formula is C8H11N3O. The normalized spacial score (nSPS) is 12.4. The molecule has 1 amide bonds. The van der Waals surface area contributed by atoms with Gasteiger partial charge in [-0.25, -0.2) is 0 Å². The van der Waals surface area contributed by atoms with Crippen molar-refractivity contribution < 1.29 is 4.79 Å². The highest BCUT2D eigenvalue weighted by atomic mass is 16.1. The summed E-state index contributed by atoms with van der Waals surface area (Å²) in [6.07, 6.45) is 1.61. The summed E-state index contributed by atoms with van der Waals surface area (Å²) in [7, 11) is 0. The molecule has 0 bridgehead atoms. The van der Waals surface area contributed by atoms with Crippen molar-refractivity contribution in [2.75, 3.05) is 6.54 Å². The van der Waals surface area contributed by atoms with Gasteiger partial charge < -0.3 is 11.5 Å². The van der Waals surface area contributed by atoms with E-state index in [-0.39, 0.29) is 6.54 Å². The largest absolute Gasteiger partial charge is 0.369 e. The van der Waals surface area contributed by atoms with Crippen LogP contribution in [-0.2, 0) is 4.79 Å². The van der Waals surface area contributed by atoms with Gasteiger partial charge in [0.05, 0.1) is 11.6 Å². The fourth-order valence-corrected chi connectivity index (χ4v) is 0.965. The van der Waals surface area contributed by atoms with Gasteiger partial charge in [-0.05, 0) is 12.1 Å². The van der Waals surface area contributed by atoms with Crippen molar-refractivity contribution in [3.8, 4) is 0 Å². The average Bonchev–Trinajstić information content (AvgIpc) is 2.07. The number of nitrogens with two attached hydrogens (primary N) is 2. The van der Waals surface area contributed by atoms with Crippen LogP contribution in [0.2, 0.25) is 0 Å². The summed E-state index contributed by atoms with van der Waals surface area (Å²) in [6.45, 7) is 0.201. The van der Waals surface area contributed by atoms with Gasteiger partial charge in [0.2, 0.25) is 5.91 Å². The third kappa shape index (κ3) is 1.79. The molecule has 0 unspecified atom stereocenters. The molecule has 0 aliphatic rings. The summed E-state index contributed by atoms with van der Waals surface area (Å²) in [5, 5.41) is 0. The molecule has 1 heterocycles. The minimum Gasteiger partial charge on any atom is -0.369 e. The van der Waals surface area contributed by atoms with Crippen molar-refractivity contribution in [2.45, 2.75) is 5.92 Å². The smallest absolute Gasteiger partial charge is 0.227 e. The SMILES string of the molecule is NC[C@H](C(N)=O)c1ccccn1. The molecule has 4 N–H and O–H groups in total. The topological polar surface area (TPSA) is 82.0 Å². The van der Waals surface area contributed by atoms with Crippen LogP contribution >= 0.6 is 0 Å². The number of hydrogen-bond donors (Lipinski definition) is 2. The van der Waals surface area contributed by atoms with Gasteiger partial charge in [0, 0.05) is 12.7 Å². The van der Waals surface area contributed by atoms with E-state index in [1.54, 1.807) is 24.4 Å². The highest BCUT2D eigenvalue weighted by molar-refractivity contribution is 5.81. The number of carbonyl (C=O) groups is 1. The Morgan fingerprint density at radius 1 is 1.58 bits per heavy atom. The summed E-state index contributed by atoms with van der Waals surface area (Å²) in [5.74, 6) is -0.901. The highest BCUT2D eigenvalue weighted by Crippen LogP contribution is 2.09. The Kier molecular flexibility index (Phi) is 2.76. The quantitative estimate of drug-likeness (QED) is 0.639. The third-order valence-electron chi connectivity index (χ3n) is 1.62. The zero-order valence-corrected chi connectivity index (χ0v) is 6.60. The molecule has 0 aromatic carbocycles. The molecule has 4 heteroatoms. The lowest BCUT2D eigenvalue weighted by Crippen LogP contribution is -2.28. The first-order valence-corrected chi connectivity index (χ1v) is 3.66. The minimum absolute atomic E-state index is 0.201. The van der Waals surface area contributed by atoms with Gasteiger partial charge in [0.25, 0.3) is 0 Å². The van der Waals surface area contributed by atoms with E-state index < -0.39 is 11.8 Å². The number of nitrogens with zero attached hydrogens (tertiary/aromatic N) is 1. The van der Waals surface area contributed by atoms with Crippen LogP contribution in [0.4, 0.5) is 0 Å². The summed E-state index contributed by atoms with van der Waals surface area (Å²) in [5.41, 5.74) is 11.1. The van der Waals surface area contributed by atoms with Gasteiger partial charge in [0.1, 0.15) is 0 Å². The van der Waals surface area contributed by atoms with Gasteiger partial charge in [-0.15, -0.1) is 0 Å².